The van der Waals surface area contributed by atoms with Crippen LogP contribution in [0.2, 0.25) is 0 Å². The third-order valence-corrected chi connectivity index (χ3v) is 4.75. The van der Waals surface area contributed by atoms with Crippen LogP contribution in [0.4, 0.5) is 0 Å². The maximum Gasteiger partial charge on any atom is 0.251 e. The number of aromatic amines is 2. The SMILES string of the molecule is Cc1cc(C)c2cc(CCNC(=O)c3ccc4nc[nH]c4c3)c(=O)[nH]c2c1. The van der Waals surface area contributed by atoms with Crippen molar-refractivity contribution in [1.82, 2.24) is 20.3 Å². The largest absolute Gasteiger partial charge is 0.352 e. The number of benzene rings is 2. The maximum atomic E-state index is 12.4. The van der Waals surface area contributed by atoms with Gasteiger partial charge in [0.1, 0.15) is 0 Å². The average Bonchev–Trinajstić information content (AvgIpc) is 3.10. The Kier molecular flexibility index (Phi) is 4.24. The minimum atomic E-state index is -0.171. The first-order valence-corrected chi connectivity index (χ1v) is 8.86. The van der Waals surface area contributed by atoms with Crippen LogP contribution in [-0.4, -0.2) is 27.4 Å². The molecule has 0 saturated carbocycles. The second-order valence-electron chi connectivity index (χ2n) is 6.81. The van der Waals surface area contributed by atoms with Crippen LogP contribution >= 0.6 is 0 Å². The van der Waals surface area contributed by atoms with E-state index < -0.39 is 0 Å². The monoisotopic (exact) mass is 360 g/mol. The molecule has 27 heavy (non-hydrogen) atoms. The van der Waals surface area contributed by atoms with Crippen molar-refractivity contribution in [1.29, 1.82) is 0 Å². The van der Waals surface area contributed by atoms with E-state index >= 15 is 0 Å². The minimum absolute atomic E-state index is 0.111. The fourth-order valence-corrected chi connectivity index (χ4v) is 3.39. The lowest BCUT2D eigenvalue weighted by Crippen LogP contribution is -2.27. The molecule has 136 valence electrons. The van der Waals surface area contributed by atoms with Crippen LogP contribution in [-0.2, 0) is 6.42 Å². The number of nitrogens with one attached hydrogen (secondary N) is 3. The Morgan fingerprint density at radius 1 is 1.11 bits per heavy atom. The van der Waals surface area contributed by atoms with Crippen LogP contribution in [0, 0.1) is 13.8 Å². The molecule has 2 aromatic carbocycles. The van der Waals surface area contributed by atoms with Gasteiger partial charge in [0.2, 0.25) is 0 Å². The van der Waals surface area contributed by atoms with E-state index in [0.717, 1.165) is 33.1 Å². The number of hydrogen-bond acceptors (Lipinski definition) is 3. The average molecular weight is 360 g/mol. The van der Waals surface area contributed by atoms with Gasteiger partial charge in [-0.2, -0.15) is 0 Å². The van der Waals surface area contributed by atoms with E-state index in [-0.39, 0.29) is 11.5 Å². The smallest absolute Gasteiger partial charge is 0.251 e. The molecule has 4 aromatic rings. The standard InChI is InChI=1S/C21H20N4O2/c1-12-7-13(2)16-9-15(21(27)25-18(16)8-12)5-6-22-20(26)14-3-4-17-19(10-14)24-11-23-17/h3-4,7-11H,5-6H2,1-2H3,(H,22,26)(H,23,24)(H,25,27). The zero-order chi connectivity index (χ0) is 19.0. The summed E-state index contributed by atoms with van der Waals surface area (Å²) in [7, 11) is 0. The van der Waals surface area contributed by atoms with Gasteiger partial charge < -0.3 is 15.3 Å². The molecule has 0 aliphatic carbocycles. The Labute approximate surface area is 155 Å². The van der Waals surface area contributed by atoms with Crippen molar-refractivity contribution in [3.63, 3.8) is 0 Å². The Morgan fingerprint density at radius 3 is 2.81 bits per heavy atom. The highest BCUT2D eigenvalue weighted by atomic mass is 16.1. The lowest BCUT2D eigenvalue weighted by Gasteiger charge is -2.08. The Balaban J connectivity index is 1.49. The van der Waals surface area contributed by atoms with Gasteiger partial charge in [0.25, 0.3) is 11.5 Å². The first-order valence-electron chi connectivity index (χ1n) is 8.86. The third kappa shape index (κ3) is 3.33. The lowest BCUT2D eigenvalue weighted by molar-refractivity contribution is 0.0954. The fraction of sp³-hybridized carbons (Fsp3) is 0.190. The zero-order valence-electron chi connectivity index (χ0n) is 15.2. The van der Waals surface area contributed by atoms with Crippen LogP contribution in [0.25, 0.3) is 21.9 Å². The summed E-state index contributed by atoms with van der Waals surface area (Å²) in [6.07, 6.45) is 2.07. The number of carbonyl (C=O) groups excluding carboxylic acids is 1. The molecule has 0 radical (unpaired) electrons. The van der Waals surface area contributed by atoms with Gasteiger partial charge in [0.15, 0.2) is 0 Å². The highest BCUT2D eigenvalue weighted by molar-refractivity contribution is 5.97. The van der Waals surface area contributed by atoms with E-state index in [1.807, 2.05) is 26.0 Å². The van der Waals surface area contributed by atoms with Crippen molar-refractivity contribution in [3.8, 4) is 0 Å². The molecule has 0 saturated heterocycles. The molecule has 0 bridgehead atoms. The third-order valence-electron chi connectivity index (χ3n) is 4.75. The van der Waals surface area contributed by atoms with E-state index in [1.165, 1.54) is 0 Å². The predicted molar refractivity (Wildman–Crippen MR) is 106 cm³/mol. The number of amides is 1. The summed E-state index contributed by atoms with van der Waals surface area (Å²) in [4.78, 5) is 34.8. The van der Waals surface area contributed by atoms with Gasteiger partial charge in [-0.25, -0.2) is 4.98 Å². The van der Waals surface area contributed by atoms with Gasteiger partial charge in [-0.15, -0.1) is 0 Å². The lowest BCUT2D eigenvalue weighted by atomic mass is 10.0. The Bertz CT molecular complexity index is 1220. The topological polar surface area (TPSA) is 90.6 Å². The van der Waals surface area contributed by atoms with Gasteiger partial charge in [0.05, 0.1) is 17.4 Å². The second kappa shape index (κ2) is 6.72. The second-order valence-corrected chi connectivity index (χ2v) is 6.81. The van der Waals surface area contributed by atoms with Gasteiger partial charge in [-0.1, -0.05) is 6.07 Å². The molecular weight excluding hydrogens is 340 g/mol. The molecular formula is C21H20N4O2. The number of nitrogens with zero attached hydrogens (tertiary/aromatic N) is 1. The van der Waals surface area contributed by atoms with Crippen molar-refractivity contribution in [3.05, 3.63) is 75.3 Å². The molecule has 0 fully saturated rings. The number of fused-ring (bicyclic) bond motifs is 2. The number of imidazole rings is 1. The highest BCUT2D eigenvalue weighted by Gasteiger charge is 2.09. The molecule has 6 heteroatoms. The zero-order valence-corrected chi connectivity index (χ0v) is 15.2. The van der Waals surface area contributed by atoms with Gasteiger partial charge >= 0.3 is 0 Å². The van der Waals surface area contributed by atoms with E-state index in [0.29, 0.717) is 24.1 Å². The van der Waals surface area contributed by atoms with Gasteiger partial charge in [-0.3, -0.25) is 9.59 Å². The maximum absolute atomic E-state index is 12.4. The number of hydrogen-bond donors (Lipinski definition) is 3. The quantitative estimate of drug-likeness (QED) is 0.522. The Morgan fingerprint density at radius 2 is 1.96 bits per heavy atom. The van der Waals surface area contributed by atoms with Crippen molar-refractivity contribution in [2.45, 2.75) is 20.3 Å². The molecule has 0 atom stereocenters. The summed E-state index contributed by atoms with van der Waals surface area (Å²) < 4.78 is 0. The summed E-state index contributed by atoms with van der Waals surface area (Å²) in [6, 6.07) is 11.3. The molecule has 2 aromatic heterocycles. The van der Waals surface area contributed by atoms with E-state index in [1.54, 1.807) is 24.5 Å². The van der Waals surface area contributed by atoms with Crippen LogP contribution in [0.1, 0.15) is 27.0 Å². The summed E-state index contributed by atoms with van der Waals surface area (Å²) in [5, 5.41) is 3.91. The van der Waals surface area contributed by atoms with Crippen molar-refractivity contribution >= 4 is 27.8 Å². The minimum Gasteiger partial charge on any atom is -0.352 e. The molecule has 3 N–H and O–H groups in total. The number of pyridine rings is 1. The van der Waals surface area contributed by atoms with Crippen molar-refractivity contribution < 1.29 is 4.79 Å². The number of carbonyl (C=O) groups is 1. The molecule has 0 spiro atoms. The molecule has 6 nitrogen and oxygen atoms in total. The molecule has 0 aliphatic heterocycles. The van der Waals surface area contributed by atoms with Crippen LogP contribution in [0.15, 0.2) is 47.5 Å². The van der Waals surface area contributed by atoms with E-state index in [2.05, 4.69) is 26.3 Å². The number of aryl methyl sites for hydroxylation is 2. The molecule has 0 aliphatic rings. The van der Waals surface area contributed by atoms with Crippen LogP contribution in [0.5, 0.6) is 0 Å². The normalized spacial score (nSPS) is 11.2. The summed E-state index contributed by atoms with van der Waals surface area (Å²) in [5.74, 6) is -0.171. The highest BCUT2D eigenvalue weighted by Crippen LogP contribution is 2.18. The molecule has 1 amide bonds. The summed E-state index contributed by atoms with van der Waals surface area (Å²) in [6.45, 7) is 4.43. The number of H-pyrrole nitrogens is 2. The summed E-state index contributed by atoms with van der Waals surface area (Å²) >= 11 is 0. The van der Waals surface area contributed by atoms with E-state index in [9.17, 15) is 9.59 Å². The first-order chi connectivity index (χ1) is 13.0. The number of rotatable bonds is 4. The van der Waals surface area contributed by atoms with Crippen LogP contribution in [0.3, 0.4) is 0 Å². The molecule has 0 unspecified atom stereocenters. The van der Waals surface area contributed by atoms with Gasteiger partial charge in [-0.05, 0) is 61.7 Å². The first kappa shape index (κ1) is 17.0. The fourth-order valence-electron chi connectivity index (χ4n) is 3.39. The molecule has 2 heterocycles. The van der Waals surface area contributed by atoms with E-state index in [4.69, 9.17) is 0 Å². The Hall–Kier alpha value is -3.41. The van der Waals surface area contributed by atoms with Gasteiger partial charge in [0, 0.05) is 28.6 Å². The number of aromatic nitrogens is 3. The van der Waals surface area contributed by atoms with Crippen molar-refractivity contribution in [2.75, 3.05) is 6.54 Å². The van der Waals surface area contributed by atoms with Crippen molar-refractivity contribution in [2.24, 2.45) is 0 Å². The summed E-state index contributed by atoms with van der Waals surface area (Å²) in [5.41, 5.74) is 5.84. The molecule has 4 rings (SSSR count). The van der Waals surface area contributed by atoms with Crippen LogP contribution < -0.4 is 10.9 Å². The predicted octanol–water partition coefficient (Wildman–Crippen LogP) is 2.99.